The minimum Gasteiger partial charge on any atom is -0.339 e. The predicted molar refractivity (Wildman–Crippen MR) is 96.9 cm³/mol. The molecule has 1 aromatic carbocycles. The Hall–Kier alpha value is -2.50. The predicted octanol–water partition coefficient (Wildman–Crippen LogP) is 2.41. The third kappa shape index (κ3) is 3.21. The molecule has 4 atom stereocenters. The van der Waals surface area contributed by atoms with Crippen LogP contribution in [0.1, 0.15) is 30.5 Å². The van der Waals surface area contributed by atoms with Crippen molar-refractivity contribution in [2.45, 2.75) is 25.6 Å². The highest BCUT2D eigenvalue weighted by atomic mass is 16.2. The second-order valence-corrected chi connectivity index (χ2v) is 6.78. The molecular weight excluding hydrogens is 312 g/mol. The van der Waals surface area contributed by atoms with Crippen molar-refractivity contribution in [3.63, 3.8) is 0 Å². The van der Waals surface area contributed by atoms with Crippen LogP contribution < -0.4 is 16.2 Å². The molecule has 4 unspecified atom stereocenters. The highest BCUT2D eigenvalue weighted by Gasteiger charge is 2.46. The monoisotopic (exact) mass is 334 g/mol. The number of allylic oxidation sites excluding steroid dienone is 1. The molecule has 2 saturated heterocycles. The Morgan fingerprint density at radius 1 is 1.16 bits per heavy atom. The Bertz CT molecular complexity index is 775. The Morgan fingerprint density at radius 3 is 2.76 bits per heavy atom. The third-order valence-corrected chi connectivity index (χ3v) is 5.17. The highest BCUT2D eigenvalue weighted by Crippen LogP contribution is 2.41. The Kier molecular flexibility index (Phi) is 4.34. The maximum absolute atomic E-state index is 12.2. The van der Waals surface area contributed by atoms with Gasteiger partial charge in [-0.25, -0.2) is 10.9 Å². The van der Waals surface area contributed by atoms with Crippen LogP contribution in [-0.2, 0) is 4.79 Å². The number of hydrogen-bond acceptors (Lipinski definition) is 4. The fourth-order valence-corrected chi connectivity index (χ4v) is 3.98. The second kappa shape index (κ2) is 6.78. The van der Waals surface area contributed by atoms with Gasteiger partial charge < -0.3 is 5.32 Å². The van der Waals surface area contributed by atoms with Gasteiger partial charge in [-0.2, -0.15) is 0 Å². The van der Waals surface area contributed by atoms with E-state index in [4.69, 9.17) is 0 Å². The number of aromatic nitrogens is 1. The molecule has 0 bridgehead atoms. The first-order chi connectivity index (χ1) is 12.2. The number of piperidine rings is 1. The van der Waals surface area contributed by atoms with E-state index >= 15 is 0 Å². The summed E-state index contributed by atoms with van der Waals surface area (Å²) in [5.41, 5.74) is 10.1. The lowest BCUT2D eigenvalue weighted by atomic mass is 9.74. The summed E-state index contributed by atoms with van der Waals surface area (Å²) in [4.78, 5) is 16.4. The number of hydrogen-bond donors (Lipinski definition) is 3. The van der Waals surface area contributed by atoms with E-state index < -0.39 is 0 Å². The number of nitrogens with one attached hydrogen (secondary N) is 3. The molecule has 3 heterocycles. The van der Waals surface area contributed by atoms with Crippen molar-refractivity contribution >= 4 is 12.0 Å². The van der Waals surface area contributed by atoms with Crippen molar-refractivity contribution in [3.05, 3.63) is 71.6 Å². The summed E-state index contributed by atoms with van der Waals surface area (Å²) in [6.07, 6.45) is 6.31. The van der Waals surface area contributed by atoms with E-state index in [2.05, 4.69) is 52.4 Å². The molecule has 2 fully saturated rings. The van der Waals surface area contributed by atoms with E-state index in [1.165, 1.54) is 11.1 Å². The molecule has 1 amide bonds. The molecule has 2 aliphatic heterocycles. The van der Waals surface area contributed by atoms with Gasteiger partial charge in [-0.1, -0.05) is 48.0 Å². The lowest BCUT2D eigenvalue weighted by Crippen LogP contribution is -2.53. The van der Waals surface area contributed by atoms with Crippen molar-refractivity contribution in [3.8, 4) is 0 Å². The van der Waals surface area contributed by atoms with Gasteiger partial charge >= 0.3 is 0 Å². The largest absolute Gasteiger partial charge is 0.339 e. The van der Waals surface area contributed by atoms with E-state index in [-0.39, 0.29) is 30.0 Å². The van der Waals surface area contributed by atoms with Crippen molar-refractivity contribution < 1.29 is 4.79 Å². The number of hydrazine groups is 1. The van der Waals surface area contributed by atoms with Gasteiger partial charge in [0.1, 0.15) is 0 Å². The number of amides is 1. The fraction of sp³-hybridized carbons (Fsp3) is 0.300. The van der Waals surface area contributed by atoms with Gasteiger partial charge in [0, 0.05) is 24.7 Å². The molecule has 5 nitrogen and oxygen atoms in total. The van der Waals surface area contributed by atoms with E-state index in [0.29, 0.717) is 6.42 Å². The first kappa shape index (κ1) is 16.0. The summed E-state index contributed by atoms with van der Waals surface area (Å²) in [5, 5.41) is 3.07. The highest BCUT2D eigenvalue weighted by molar-refractivity contribution is 5.78. The number of benzene rings is 1. The number of carbonyl (C=O) groups excluding carboxylic acids is 1. The second-order valence-electron chi connectivity index (χ2n) is 6.78. The molecule has 1 aromatic heterocycles. The molecule has 0 spiro atoms. The van der Waals surface area contributed by atoms with Crippen molar-refractivity contribution in [2.24, 2.45) is 11.8 Å². The summed E-state index contributed by atoms with van der Waals surface area (Å²) >= 11 is 0. The van der Waals surface area contributed by atoms with Gasteiger partial charge in [-0.05, 0) is 30.0 Å². The smallest absolute Gasteiger partial charge is 0.221 e. The van der Waals surface area contributed by atoms with Gasteiger partial charge in [0.25, 0.3) is 0 Å². The number of nitrogens with zero attached hydrogens (tertiary/aromatic N) is 1. The van der Waals surface area contributed by atoms with E-state index in [0.717, 1.165) is 5.56 Å². The van der Waals surface area contributed by atoms with Crippen LogP contribution in [0.15, 0.2) is 60.4 Å². The quantitative estimate of drug-likeness (QED) is 0.806. The molecule has 0 radical (unpaired) electrons. The zero-order valence-corrected chi connectivity index (χ0v) is 14.1. The molecule has 25 heavy (non-hydrogen) atoms. The number of carbonyl (C=O) groups is 1. The molecule has 5 heteroatoms. The summed E-state index contributed by atoms with van der Waals surface area (Å²) in [7, 11) is 0. The number of pyridine rings is 1. The maximum Gasteiger partial charge on any atom is 0.221 e. The minimum atomic E-state index is -0.0735. The Labute approximate surface area is 147 Å². The van der Waals surface area contributed by atoms with E-state index in [1.807, 2.05) is 30.5 Å². The van der Waals surface area contributed by atoms with Crippen LogP contribution in [-0.4, -0.2) is 17.1 Å². The normalized spacial score (nSPS) is 29.2. The Morgan fingerprint density at radius 2 is 2.00 bits per heavy atom. The molecule has 3 N–H and O–H groups in total. The molecular formula is C20H22N4O. The van der Waals surface area contributed by atoms with Crippen LogP contribution in [0.4, 0.5) is 0 Å². The lowest BCUT2D eigenvalue weighted by Gasteiger charge is -2.36. The number of rotatable bonds is 3. The van der Waals surface area contributed by atoms with Gasteiger partial charge in [-0.3, -0.25) is 9.78 Å². The molecule has 128 valence electrons. The van der Waals surface area contributed by atoms with Crippen LogP contribution in [0.3, 0.4) is 0 Å². The minimum absolute atomic E-state index is 0.0735. The van der Waals surface area contributed by atoms with Gasteiger partial charge in [0.2, 0.25) is 5.91 Å². The summed E-state index contributed by atoms with van der Waals surface area (Å²) in [6, 6.07) is 14.4. The van der Waals surface area contributed by atoms with Crippen molar-refractivity contribution in [1.82, 2.24) is 21.2 Å². The average Bonchev–Trinajstić information content (AvgIpc) is 3.06. The van der Waals surface area contributed by atoms with Crippen molar-refractivity contribution in [2.75, 3.05) is 0 Å². The van der Waals surface area contributed by atoms with Crippen LogP contribution in [0.2, 0.25) is 0 Å². The van der Waals surface area contributed by atoms with E-state index in [1.54, 1.807) is 6.20 Å². The first-order valence-corrected chi connectivity index (χ1v) is 8.66. The third-order valence-electron chi connectivity index (χ3n) is 5.17. The van der Waals surface area contributed by atoms with Crippen LogP contribution in [0.25, 0.3) is 6.08 Å². The topological polar surface area (TPSA) is 66.1 Å². The lowest BCUT2D eigenvalue weighted by molar-refractivity contribution is -0.125. The van der Waals surface area contributed by atoms with Crippen molar-refractivity contribution in [1.29, 1.82) is 0 Å². The molecule has 4 rings (SSSR count). The summed E-state index contributed by atoms with van der Waals surface area (Å²) in [5.74, 6) is 0.502. The standard InChI is InChI=1S/C20H22N4O/c1-13(10-14-6-3-2-4-7-14)16-11-17(25)22-20-18(16)19(23-24-20)15-8-5-9-21-12-15/h2-10,12,16,18-20,23-24H,11H2,1H3,(H,22,25)/b13-10+. The summed E-state index contributed by atoms with van der Waals surface area (Å²) < 4.78 is 0. The fourth-order valence-electron chi connectivity index (χ4n) is 3.98. The van der Waals surface area contributed by atoms with Crippen LogP contribution in [0, 0.1) is 11.8 Å². The van der Waals surface area contributed by atoms with Gasteiger partial charge in [0.05, 0.1) is 12.2 Å². The first-order valence-electron chi connectivity index (χ1n) is 8.66. The molecule has 2 aliphatic rings. The van der Waals surface area contributed by atoms with Gasteiger partial charge in [-0.15, -0.1) is 0 Å². The van der Waals surface area contributed by atoms with Gasteiger partial charge in [0.15, 0.2) is 0 Å². The molecule has 0 aliphatic carbocycles. The van der Waals surface area contributed by atoms with Crippen LogP contribution >= 0.6 is 0 Å². The zero-order chi connectivity index (χ0) is 17.2. The van der Waals surface area contributed by atoms with E-state index in [9.17, 15) is 4.79 Å². The zero-order valence-electron chi connectivity index (χ0n) is 14.1. The average molecular weight is 334 g/mol. The SMILES string of the molecule is C/C(=C\c1ccccc1)C1CC(=O)NC2NNC(c3cccnc3)C21. The summed E-state index contributed by atoms with van der Waals surface area (Å²) in [6.45, 7) is 2.13. The molecule has 0 saturated carbocycles. The Balaban J connectivity index is 1.67. The van der Waals surface area contributed by atoms with Crippen LogP contribution in [0.5, 0.6) is 0 Å². The number of fused-ring (bicyclic) bond motifs is 1. The molecule has 2 aromatic rings. The maximum atomic E-state index is 12.2.